The topological polar surface area (TPSA) is 71.1 Å². The first-order valence-corrected chi connectivity index (χ1v) is 7.56. The van der Waals surface area contributed by atoms with Crippen molar-refractivity contribution in [3.8, 4) is 0 Å². The minimum atomic E-state index is -1.68. The van der Waals surface area contributed by atoms with Gasteiger partial charge in [-0.05, 0) is 36.6 Å². The molecule has 8 heteroatoms. The number of carbonyl (C=O) groups is 2. The van der Waals surface area contributed by atoms with Gasteiger partial charge in [-0.15, -0.1) is 0 Å². The van der Waals surface area contributed by atoms with Crippen LogP contribution in [0.5, 0.6) is 0 Å². The summed E-state index contributed by atoms with van der Waals surface area (Å²) in [5.74, 6) is -5.78. The van der Waals surface area contributed by atoms with Crippen molar-refractivity contribution in [1.29, 1.82) is 0 Å². The molecule has 2 amide bonds. The molecule has 5 nitrogen and oxygen atoms in total. The minimum absolute atomic E-state index is 0.196. The lowest BCUT2D eigenvalue weighted by molar-refractivity contribution is -0.134. The Morgan fingerprint density at radius 2 is 1.84 bits per heavy atom. The third kappa shape index (κ3) is 3.33. The normalized spacial score (nSPS) is 14.7. The summed E-state index contributed by atoms with van der Waals surface area (Å²) in [4.78, 5) is 28.6. The standard InChI is InChI=1S/C17H14F3N3O2/c18-11-3-4-12(14(20)13(11)19)23-16(25)17(5-6-17)15(24)22-9-10-2-1-7-21-8-10/h1-4,7-8H,5-6,9H2,(H,22,24)(H,23,25). The van der Waals surface area contributed by atoms with Gasteiger partial charge in [0.1, 0.15) is 5.41 Å². The van der Waals surface area contributed by atoms with Crippen molar-refractivity contribution in [1.82, 2.24) is 10.3 Å². The molecule has 25 heavy (non-hydrogen) atoms. The molecule has 0 spiro atoms. The van der Waals surface area contributed by atoms with Crippen molar-refractivity contribution in [3.63, 3.8) is 0 Å². The molecule has 3 rings (SSSR count). The highest BCUT2D eigenvalue weighted by Crippen LogP contribution is 2.47. The Morgan fingerprint density at radius 3 is 2.48 bits per heavy atom. The molecule has 0 unspecified atom stereocenters. The Kier molecular flexibility index (Phi) is 4.43. The van der Waals surface area contributed by atoms with Crippen LogP contribution in [0.3, 0.4) is 0 Å². The monoisotopic (exact) mass is 349 g/mol. The van der Waals surface area contributed by atoms with Crippen LogP contribution in [0.4, 0.5) is 18.9 Å². The van der Waals surface area contributed by atoms with E-state index < -0.39 is 40.4 Å². The van der Waals surface area contributed by atoms with Crippen molar-refractivity contribution >= 4 is 17.5 Å². The molecule has 1 heterocycles. The van der Waals surface area contributed by atoms with Gasteiger partial charge in [-0.3, -0.25) is 14.6 Å². The van der Waals surface area contributed by atoms with Gasteiger partial charge >= 0.3 is 0 Å². The van der Waals surface area contributed by atoms with E-state index in [1.165, 1.54) is 0 Å². The van der Waals surface area contributed by atoms with Crippen molar-refractivity contribution < 1.29 is 22.8 Å². The smallest absolute Gasteiger partial charge is 0.240 e. The van der Waals surface area contributed by atoms with Gasteiger partial charge in [0.25, 0.3) is 0 Å². The number of hydrogen-bond donors (Lipinski definition) is 2. The summed E-state index contributed by atoms with van der Waals surface area (Å²) in [5.41, 5.74) is -1.06. The Bertz CT molecular complexity index is 823. The van der Waals surface area contributed by atoms with E-state index in [-0.39, 0.29) is 6.54 Å². The second kappa shape index (κ2) is 6.54. The van der Waals surface area contributed by atoms with Crippen molar-refractivity contribution in [3.05, 3.63) is 59.7 Å². The predicted octanol–water partition coefficient (Wildman–Crippen LogP) is 2.53. The van der Waals surface area contributed by atoms with Crippen LogP contribution in [-0.2, 0) is 16.1 Å². The fraction of sp³-hybridized carbons (Fsp3) is 0.235. The summed E-state index contributed by atoms with van der Waals surface area (Å²) in [7, 11) is 0. The molecule has 0 aliphatic heterocycles. The average molecular weight is 349 g/mol. The molecule has 0 radical (unpaired) electrons. The van der Waals surface area contributed by atoms with Gasteiger partial charge in [0.05, 0.1) is 5.69 Å². The molecule has 0 bridgehead atoms. The molecule has 1 aliphatic carbocycles. The van der Waals surface area contributed by atoms with E-state index in [0.717, 1.165) is 11.6 Å². The fourth-order valence-electron chi connectivity index (χ4n) is 2.40. The Balaban J connectivity index is 1.67. The van der Waals surface area contributed by atoms with Crippen LogP contribution in [0.1, 0.15) is 18.4 Å². The maximum absolute atomic E-state index is 13.7. The maximum Gasteiger partial charge on any atom is 0.240 e. The number of nitrogens with one attached hydrogen (secondary N) is 2. The third-order valence-electron chi connectivity index (χ3n) is 4.08. The van der Waals surface area contributed by atoms with Crippen LogP contribution < -0.4 is 10.6 Å². The highest BCUT2D eigenvalue weighted by molar-refractivity contribution is 6.13. The lowest BCUT2D eigenvalue weighted by Gasteiger charge is -2.16. The Hall–Kier alpha value is -2.90. The van der Waals surface area contributed by atoms with Crippen LogP contribution in [0, 0.1) is 22.9 Å². The lowest BCUT2D eigenvalue weighted by atomic mass is 10.0. The first-order chi connectivity index (χ1) is 11.9. The molecule has 2 aromatic rings. The largest absolute Gasteiger partial charge is 0.351 e. The van der Waals surface area contributed by atoms with Crippen molar-refractivity contribution in [2.45, 2.75) is 19.4 Å². The average Bonchev–Trinajstić information content (AvgIpc) is 3.43. The number of hydrogen-bond acceptors (Lipinski definition) is 3. The van der Waals surface area contributed by atoms with Crippen molar-refractivity contribution in [2.24, 2.45) is 5.41 Å². The summed E-state index contributed by atoms with van der Waals surface area (Å²) in [5, 5.41) is 4.80. The molecule has 1 aliphatic rings. The highest BCUT2D eigenvalue weighted by atomic mass is 19.2. The third-order valence-corrected chi connectivity index (χ3v) is 4.08. The van der Waals surface area contributed by atoms with E-state index >= 15 is 0 Å². The van der Waals surface area contributed by atoms with Gasteiger partial charge in [0.2, 0.25) is 11.8 Å². The van der Waals surface area contributed by atoms with E-state index in [2.05, 4.69) is 15.6 Å². The number of benzene rings is 1. The molecule has 1 aromatic carbocycles. The molecule has 1 saturated carbocycles. The SMILES string of the molecule is O=C(NCc1cccnc1)C1(C(=O)Nc2ccc(F)c(F)c2F)CC1. The van der Waals surface area contributed by atoms with Crippen LogP contribution in [0.15, 0.2) is 36.7 Å². The molecular formula is C17H14F3N3O2. The number of aromatic nitrogens is 1. The van der Waals surface area contributed by atoms with Gasteiger partial charge in [-0.25, -0.2) is 13.2 Å². The van der Waals surface area contributed by atoms with Crippen LogP contribution in [-0.4, -0.2) is 16.8 Å². The first kappa shape index (κ1) is 16.9. The summed E-state index contributed by atoms with van der Waals surface area (Å²) in [6.07, 6.45) is 3.76. The zero-order valence-corrected chi connectivity index (χ0v) is 13.0. The first-order valence-electron chi connectivity index (χ1n) is 7.56. The molecule has 1 aromatic heterocycles. The number of carbonyl (C=O) groups excluding carboxylic acids is 2. The van der Waals surface area contributed by atoms with Crippen molar-refractivity contribution in [2.75, 3.05) is 5.32 Å². The molecule has 2 N–H and O–H groups in total. The number of rotatable bonds is 5. The summed E-state index contributed by atoms with van der Waals surface area (Å²) >= 11 is 0. The lowest BCUT2D eigenvalue weighted by Crippen LogP contribution is -2.39. The van der Waals surface area contributed by atoms with E-state index in [1.807, 2.05) is 0 Å². The Morgan fingerprint density at radius 1 is 1.08 bits per heavy atom. The number of nitrogens with zero attached hydrogens (tertiary/aromatic N) is 1. The number of amides is 2. The second-order valence-electron chi connectivity index (χ2n) is 5.80. The van der Waals surface area contributed by atoms with Gasteiger partial charge in [0.15, 0.2) is 17.5 Å². The van der Waals surface area contributed by atoms with E-state index in [9.17, 15) is 22.8 Å². The minimum Gasteiger partial charge on any atom is -0.351 e. The van der Waals surface area contributed by atoms with Gasteiger partial charge in [0, 0.05) is 18.9 Å². The summed E-state index contributed by atoms with van der Waals surface area (Å²) in [6.45, 7) is 0.196. The zero-order valence-electron chi connectivity index (χ0n) is 13.0. The van der Waals surface area contributed by atoms with Crippen LogP contribution in [0.25, 0.3) is 0 Å². The quantitative estimate of drug-likeness (QED) is 0.644. The molecule has 130 valence electrons. The van der Waals surface area contributed by atoms with Gasteiger partial charge in [-0.2, -0.15) is 0 Å². The van der Waals surface area contributed by atoms with E-state index in [4.69, 9.17) is 0 Å². The highest BCUT2D eigenvalue weighted by Gasteiger charge is 2.56. The van der Waals surface area contributed by atoms with E-state index in [1.54, 1.807) is 24.5 Å². The van der Waals surface area contributed by atoms with Gasteiger partial charge in [-0.1, -0.05) is 6.07 Å². The molecule has 1 fully saturated rings. The second-order valence-corrected chi connectivity index (χ2v) is 5.80. The molecular weight excluding hydrogens is 335 g/mol. The number of halogens is 3. The number of anilines is 1. The summed E-state index contributed by atoms with van der Waals surface area (Å²) < 4.78 is 39.8. The number of pyridine rings is 1. The fourth-order valence-corrected chi connectivity index (χ4v) is 2.40. The molecule has 0 atom stereocenters. The predicted molar refractivity (Wildman–Crippen MR) is 82.7 cm³/mol. The van der Waals surface area contributed by atoms with Crippen LogP contribution >= 0.6 is 0 Å². The maximum atomic E-state index is 13.7. The Labute approximate surface area is 141 Å². The van der Waals surface area contributed by atoms with E-state index in [0.29, 0.717) is 18.9 Å². The van der Waals surface area contributed by atoms with Crippen LogP contribution in [0.2, 0.25) is 0 Å². The summed E-state index contributed by atoms with van der Waals surface area (Å²) in [6, 6.07) is 5.10. The van der Waals surface area contributed by atoms with Gasteiger partial charge < -0.3 is 10.6 Å². The zero-order chi connectivity index (χ0) is 18.0. The molecule has 0 saturated heterocycles.